The summed E-state index contributed by atoms with van der Waals surface area (Å²) in [6, 6.07) is -0.238. The molecule has 0 radical (unpaired) electrons. The number of carbonyl (C=O) groups excluding carboxylic acids is 1. The lowest BCUT2D eigenvalue weighted by Gasteiger charge is -1.96. The number of allylic oxidation sites excluding steroid dienone is 1. The zero-order valence-electron chi connectivity index (χ0n) is 6.46. The van der Waals surface area contributed by atoms with Crippen LogP contribution < -0.4 is 11.1 Å². The van der Waals surface area contributed by atoms with E-state index in [0.717, 1.165) is 6.42 Å². The van der Waals surface area contributed by atoms with Crippen LogP contribution in [0.5, 0.6) is 0 Å². The summed E-state index contributed by atoms with van der Waals surface area (Å²) in [7, 11) is 0. The molecule has 1 aliphatic rings. The van der Waals surface area contributed by atoms with Crippen LogP contribution in [-0.4, -0.2) is 24.7 Å². The maximum atomic E-state index is 11.0. The first-order chi connectivity index (χ1) is 5.74. The molecular weight excluding hydrogens is 222 g/mol. The number of halogens is 1. The van der Waals surface area contributed by atoms with E-state index in [2.05, 4.69) is 26.2 Å². The topological polar surface area (TPSA) is 67.5 Å². The van der Waals surface area contributed by atoms with Gasteiger partial charge in [-0.05, 0) is 22.4 Å². The first kappa shape index (κ1) is 9.25. The molecule has 3 N–H and O–H groups in total. The van der Waals surface area contributed by atoms with Crippen LogP contribution in [0.1, 0.15) is 6.42 Å². The molecule has 1 unspecified atom stereocenters. The first-order valence-corrected chi connectivity index (χ1v) is 4.41. The second-order valence-electron chi connectivity index (χ2n) is 2.43. The molecule has 0 saturated carbocycles. The van der Waals surface area contributed by atoms with Gasteiger partial charge in [-0.2, -0.15) is 0 Å². The first-order valence-electron chi connectivity index (χ1n) is 3.62. The van der Waals surface area contributed by atoms with Crippen molar-refractivity contribution in [2.45, 2.75) is 12.5 Å². The molecule has 4 nitrogen and oxygen atoms in total. The molecule has 1 rings (SSSR count). The minimum absolute atomic E-state index is 0.0106. The monoisotopic (exact) mass is 231 g/mol. The molecule has 1 fully saturated rings. The van der Waals surface area contributed by atoms with Gasteiger partial charge in [-0.1, -0.05) is 0 Å². The third-order valence-electron chi connectivity index (χ3n) is 1.56. The van der Waals surface area contributed by atoms with E-state index < -0.39 is 0 Å². The van der Waals surface area contributed by atoms with Crippen molar-refractivity contribution in [3.63, 3.8) is 0 Å². The number of rotatable bonds is 2. The maximum absolute atomic E-state index is 11.0. The lowest BCUT2D eigenvalue weighted by Crippen LogP contribution is -2.21. The molecule has 0 spiro atoms. The average molecular weight is 232 g/mol. The Hall–Kier alpha value is -0.840. The second-order valence-corrected chi connectivity index (χ2v) is 3.34. The van der Waals surface area contributed by atoms with Crippen molar-refractivity contribution in [1.29, 1.82) is 0 Å². The second kappa shape index (κ2) is 4.25. The van der Waals surface area contributed by atoms with Crippen LogP contribution in [0, 0.1) is 0 Å². The Morgan fingerprint density at radius 2 is 2.58 bits per heavy atom. The number of hydrogen-bond donors (Lipinski definition) is 2. The van der Waals surface area contributed by atoms with E-state index in [1.165, 1.54) is 6.20 Å². The van der Waals surface area contributed by atoms with Gasteiger partial charge in [-0.25, -0.2) is 0 Å². The molecule has 0 aromatic carbocycles. The summed E-state index contributed by atoms with van der Waals surface area (Å²) < 4.78 is 0.683. The molecule has 0 aromatic heterocycles. The number of carbonyl (C=O) groups is 1. The third-order valence-corrected chi connectivity index (χ3v) is 2.03. The van der Waals surface area contributed by atoms with Gasteiger partial charge >= 0.3 is 0 Å². The smallest absolute Gasteiger partial charge is 0.244 e. The summed E-state index contributed by atoms with van der Waals surface area (Å²) in [4.78, 5) is 15.0. The minimum Gasteiger partial charge on any atom is -0.404 e. The van der Waals surface area contributed by atoms with Crippen LogP contribution in [-0.2, 0) is 4.79 Å². The van der Waals surface area contributed by atoms with Crippen molar-refractivity contribution in [3.05, 3.63) is 10.7 Å². The van der Waals surface area contributed by atoms with Crippen molar-refractivity contribution in [2.75, 3.05) is 6.54 Å². The highest BCUT2D eigenvalue weighted by Gasteiger charge is 2.21. The van der Waals surface area contributed by atoms with E-state index in [-0.39, 0.29) is 11.9 Å². The fourth-order valence-corrected chi connectivity index (χ4v) is 1.05. The lowest BCUT2D eigenvalue weighted by molar-refractivity contribution is -0.120. The molecule has 1 aliphatic heterocycles. The summed E-state index contributed by atoms with van der Waals surface area (Å²) >= 11 is 3.16. The van der Waals surface area contributed by atoms with E-state index in [1.807, 2.05) is 0 Å². The molecule has 0 aromatic rings. The standard InChI is InChI=1S/C7H10BrN3O/c8-5(3-9)4-11-6-1-2-10-7(6)12/h3-4,6H,1-2,9H2,(H,10,12)/b5-3+,11-4?. The fourth-order valence-electron chi connectivity index (χ4n) is 0.927. The Morgan fingerprint density at radius 1 is 1.83 bits per heavy atom. The van der Waals surface area contributed by atoms with Crippen LogP contribution in [0.2, 0.25) is 0 Å². The molecule has 5 heteroatoms. The van der Waals surface area contributed by atoms with Gasteiger partial charge in [-0.15, -0.1) is 0 Å². The molecule has 0 bridgehead atoms. The summed E-state index contributed by atoms with van der Waals surface area (Å²) in [6.45, 7) is 0.713. The highest BCUT2D eigenvalue weighted by Crippen LogP contribution is 2.06. The predicted molar refractivity (Wildman–Crippen MR) is 51.1 cm³/mol. The van der Waals surface area contributed by atoms with Crippen molar-refractivity contribution < 1.29 is 4.79 Å². The van der Waals surface area contributed by atoms with Gasteiger partial charge in [-0.3, -0.25) is 9.79 Å². The van der Waals surface area contributed by atoms with Crippen LogP contribution in [0.3, 0.4) is 0 Å². The molecule has 12 heavy (non-hydrogen) atoms. The summed E-state index contributed by atoms with van der Waals surface area (Å²) in [5.74, 6) is -0.0106. The Kier molecular flexibility index (Phi) is 3.28. The average Bonchev–Trinajstić information content (AvgIpc) is 2.47. The number of aliphatic imine (C=N–C) groups is 1. The molecular formula is C7H10BrN3O. The zero-order valence-corrected chi connectivity index (χ0v) is 8.04. The SMILES string of the molecule is N/C=C(/Br)C=NC1CCNC1=O. The van der Waals surface area contributed by atoms with Gasteiger partial charge in [0.2, 0.25) is 5.91 Å². The Balaban J connectivity index is 2.50. The third kappa shape index (κ3) is 2.34. The number of amides is 1. The van der Waals surface area contributed by atoms with Crippen LogP contribution in [0.25, 0.3) is 0 Å². The highest BCUT2D eigenvalue weighted by atomic mass is 79.9. The van der Waals surface area contributed by atoms with Crippen molar-refractivity contribution in [2.24, 2.45) is 10.7 Å². The predicted octanol–water partition coefficient (Wildman–Crippen LogP) is 0.141. The molecule has 1 atom stereocenters. The highest BCUT2D eigenvalue weighted by molar-refractivity contribution is 9.12. The summed E-state index contributed by atoms with van der Waals surface area (Å²) in [6.07, 6.45) is 3.70. The number of nitrogens with zero attached hydrogens (tertiary/aromatic N) is 1. The van der Waals surface area contributed by atoms with E-state index in [9.17, 15) is 4.79 Å². The number of nitrogens with one attached hydrogen (secondary N) is 1. The largest absolute Gasteiger partial charge is 0.404 e. The Morgan fingerprint density at radius 3 is 3.08 bits per heavy atom. The van der Waals surface area contributed by atoms with Crippen molar-refractivity contribution >= 4 is 28.1 Å². The molecule has 1 amide bonds. The van der Waals surface area contributed by atoms with E-state index in [0.29, 0.717) is 11.0 Å². The van der Waals surface area contributed by atoms with Crippen molar-refractivity contribution in [1.82, 2.24) is 5.32 Å². The number of hydrogen-bond acceptors (Lipinski definition) is 3. The van der Waals surface area contributed by atoms with Gasteiger partial charge in [0.25, 0.3) is 0 Å². The molecule has 66 valence electrons. The molecule has 1 heterocycles. The van der Waals surface area contributed by atoms with Crippen molar-refractivity contribution in [3.8, 4) is 0 Å². The van der Waals surface area contributed by atoms with Crippen LogP contribution >= 0.6 is 15.9 Å². The summed E-state index contributed by atoms with van der Waals surface area (Å²) in [5, 5.41) is 2.69. The summed E-state index contributed by atoms with van der Waals surface area (Å²) in [5.41, 5.74) is 5.19. The van der Waals surface area contributed by atoms with Gasteiger partial charge < -0.3 is 11.1 Å². The van der Waals surface area contributed by atoms with Gasteiger partial charge in [0, 0.05) is 19.0 Å². The molecule has 1 saturated heterocycles. The van der Waals surface area contributed by atoms with Gasteiger partial charge in [0.15, 0.2) is 0 Å². The van der Waals surface area contributed by atoms with Crippen LogP contribution in [0.4, 0.5) is 0 Å². The fraction of sp³-hybridized carbons (Fsp3) is 0.429. The lowest BCUT2D eigenvalue weighted by atomic mass is 10.3. The van der Waals surface area contributed by atoms with E-state index in [1.54, 1.807) is 6.21 Å². The zero-order chi connectivity index (χ0) is 8.97. The van der Waals surface area contributed by atoms with Gasteiger partial charge in [0.05, 0.1) is 4.48 Å². The van der Waals surface area contributed by atoms with Crippen LogP contribution in [0.15, 0.2) is 15.7 Å². The maximum Gasteiger partial charge on any atom is 0.244 e. The number of nitrogens with two attached hydrogens (primary N) is 1. The van der Waals surface area contributed by atoms with E-state index >= 15 is 0 Å². The quantitative estimate of drug-likeness (QED) is 0.665. The normalized spacial score (nSPS) is 24.9. The Labute approximate surface area is 79.0 Å². The van der Waals surface area contributed by atoms with E-state index in [4.69, 9.17) is 5.73 Å². The molecule has 0 aliphatic carbocycles. The van der Waals surface area contributed by atoms with Gasteiger partial charge in [0.1, 0.15) is 6.04 Å². The Bertz CT molecular complexity index is 237. The minimum atomic E-state index is -0.238.